The summed E-state index contributed by atoms with van der Waals surface area (Å²) in [4.78, 5) is 32.9. The fraction of sp³-hybridized carbons (Fsp3) is 0.345. The number of alkyl halides is 3. The number of carbonyl (C=O) groups excluding carboxylic acids is 2. The van der Waals surface area contributed by atoms with Crippen molar-refractivity contribution < 1.29 is 22.8 Å². The average molecular weight is 547 g/mol. The van der Waals surface area contributed by atoms with E-state index in [1.54, 1.807) is 9.80 Å². The Hall–Kier alpha value is -4.46. The smallest absolute Gasteiger partial charge is 0.336 e. The number of aromatic nitrogens is 3. The van der Waals surface area contributed by atoms with Crippen molar-refractivity contribution in [2.75, 3.05) is 19.6 Å². The minimum Gasteiger partial charge on any atom is -0.336 e. The van der Waals surface area contributed by atoms with E-state index in [1.165, 1.54) is 30.6 Å². The van der Waals surface area contributed by atoms with Crippen molar-refractivity contribution in [3.63, 3.8) is 0 Å². The molecule has 0 spiro atoms. The number of hydrogen-bond acceptors (Lipinski definition) is 5. The number of rotatable bonds is 4. The summed E-state index contributed by atoms with van der Waals surface area (Å²) in [5.74, 6) is -0.217. The van der Waals surface area contributed by atoms with Gasteiger partial charge in [-0.25, -0.2) is 9.67 Å². The Morgan fingerprint density at radius 1 is 1.12 bits per heavy atom. The van der Waals surface area contributed by atoms with Gasteiger partial charge in [0, 0.05) is 44.2 Å². The lowest BCUT2D eigenvalue weighted by molar-refractivity contribution is -0.141. The molecule has 204 valence electrons. The van der Waals surface area contributed by atoms with Crippen LogP contribution in [0.15, 0.2) is 49.2 Å². The molecule has 2 amide bonds. The molecule has 1 fully saturated rings. The van der Waals surface area contributed by atoms with E-state index in [2.05, 4.69) is 23.7 Å². The molecule has 1 aliphatic carbocycles. The fourth-order valence-electron chi connectivity index (χ4n) is 5.74. The minimum atomic E-state index is -4.82. The van der Waals surface area contributed by atoms with Crippen molar-refractivity contribution in [1.82, 2.24) is 24.6 Å². The molecule has 6 rings (SSSR count). The van der Waals surface area contributed by atoms with Crippen LogP contribution in [0.2, 0.25) is 0 Å². The van der Waals surface area contributed by atoms with Gasteiger partial charge in [0.25, 0.3) is 5.91 Å². The third-order valence-corrected chi connectivity index (χ3v) is 7.87. The number of halogens is 3. The highest BCUT2D eigenvalue weighted by Gasteiger charge is 2.41. The predicted octanol–water partition coefficient (Wildman–Crippen LogP) is 4.35. The van der Waals surface area contributed by atoms with Crippen LogP contribution >= 0.6 is 0 Å². The molecule has 8 nitrogen and oxygen atoms in total. The Bertz CT molecular complexity index is 1570. The molecule has 1 aromatic carbocycles. The van der Waals surface area contributed by atoms with Gasteiger partial charge in [-0.1, -0.05) is 18.7 Å². The summed E-state index contributed by atoms with van der Waals surface area (Å²) in [6, 6.07) is 10.2. The Labute approximate surface area is 228 Å². The molecular weight excluding hydrogens is 521 g/mol. The first-order valence-electron chi connectivity index (χ1n) is 13.1. The Balaban J connectivity index is 1.39. The summed E-state index contributed by atoms with van der Waals surface area (Å²) < 4.78 is 41.8. The van der Waals surface area contributed by atoms with E-state index in [0.29, 0.717) is 25.3 Å². The quantitative estimate of drug-likeness (QED) is 0.454. The summed E-state index contributed by atoms with van der Waals surface area (Å²) in [7, 11) is 0. The van der Waals surface area contributed by atoms with Crippen LogP contribution in [-0.2, 0) is 23.8 Å². The molecule has 0 saturated heterocycles. The Morgan fingerprint density at radius 3 is 2.52 bits per heavy atom. The van der Waals surface area contributed by atoms with Crippen LogP contribution in [0.3, 0.4) is 0 Å². The maximum atomic E-state index is 13.7. The molecule has 11 heteroatoms. The monoisotopic (exact) mass is 546 g/mol. The molecule has 1 atom stereocenters. The number of benzene rings is 1. The van der Waals surface area contributed by atoms with Gasteiger partial charge in [0.15, 0.2) is 5.69 Å². The summed E-state index contributed by atoms with van der Waals surface area (Å²) >= 11 is 0. The van der Waals surface area contributed by atoms with E-state index >= 15 is 0 Å². The van der Waals surface area contributed by atoms with Crippen molar-refractivity contribution in [3.8, 4) is 11.8 Å². The minimum absolute atomic E-state index is 0.122. The van der Waals surface area contributed by atoms with Gasteiger partial charge in [-0.3, -0.25) is 9.59 Å². The van der Waals surface area contributed by atoms with Crippen LogP contribution in [0, 0.1) is 11.3 Å². The molecule has 2 aromatic heterocycles. The topological polar surface area (TPSA) is 95.1 Å². The van der Waals surface area contributed by atoms with E-state index in [4.69, 9.17) is 5.10 Å². The Morgan fingerprint density at radius 2 is 1.88 bits per heavy atom. The zero-order valence-electron chi connectivity index (χ0n) is 21.5. The zero-order chi connectivity index (χ0) is 28.2. The van der Waals surface area contributed by atoms with Crippen molar-refractivity contribution >= 4 is 11.8 Å². The lowest BCUT2D eigenvalue weighted by Crippen LogP contribution is -2.46. The SMILES string of the molecule is C=CC(=O)N1CCc2nn(-c3ccc(C4CC4)cc3)c3c2[C@@H](C1)N(C(=O)c1cnc(C(F)(F)F)c(C#N)c1)CC3. The second kappa shape index (κ2) is 9.62. The predicted molar refractivity (Wildman–Crippen MR) is 137 cm³/mol. The molecule has 4 heterocycles. The van der Waals surface area contributed by atoms with Gasteiger partial charge in [-0.15, -0.1) is 0 Å². The van der Waals surface area contributed by atoms with Crippen LogP contribution in [0.1, 0.15) is 68.9 Å². The van der Waals surface area contributed by atoms with Gasteiger partial charge in [0.05, 0.1) is 34.2 Å². The van der Waals surface area contributed by atoms with E-state index < -0.39 is 29.4 Å². The van der Waals surface area contributed by atoms with Gasteiger partial charge in [0.2, 0.25) is 5.91 Å². The molecule has 2 aliphatic heterocycles. The third kappa shape index (κ3) is 4.43. The number of hydrogen-bond donors (Lipinski definition) is 0. The summed E-state index contributed by atoms with van der Waals surface area (Å²) in [6.07, 6.45) is 0.612. The van der Waals surface area contributed by atoms with Crippen molar-refractivity contribution in [2.45, 2.75) is 43.8 Å². The standard InChI is InChI=1S/C29H25F3N6O2/c1-2-25(39)36-11-9-22-26-23(38(35-22)21-7-5-18(6-8-21)17-3-4-17)10-12-37(24(26)16-36)28(40)20-13-19(14-33)27(34-15-20)29(30,31)32/h2,5-8,13,15,17,24H,1,3-4,9-12,16H2/t24-/m1/s1. The van der Waals surface area contributed by atoms with Gasteiger partial charge < -0.3 is 9.80 Å². The number of amides is 2. The van der Waals surface area contributed by atoms with Gasteiger partial charge in [0.1, 0.15) is 6.07 Å². The van der Waals surface area contributed by atoms with Crippen LogP contribution in [0.5, 0.6) is 0 Å². The maximum absolute atomic E-state index is 13.7. The third-order valence-electron chi connectivity index (χ3n) is 7.87. The number of nitriles is 1. The molecule has 3 aliphatic rings. The maximum Gasteiger partial charge on any atom is 0.434 e. The lowest BCUT2D eigenvalue weighted by Gasteiger charge is -2.37. The summed E-state index contributed by atoms with van der Waals surface area (Å²) in [5.41, 5.74) is 2.61. The molecule has 0 N–H and O–H groups in total. The van der Waals surface area contributed by atoms with Crippen LogP contribution < -0.4 is 0 Å². The van der Waals surface area contributed by atoms with Crippen LogP contribution in [0.4, 0.5) is 13.2 Å². The zero-order valence-corrected chi connectivity index (χ0v) is 21.5. The van der Waals surface area contributed by atoms with E-state index in [-0.39, 0.29) is 24.6 Å². The highest BCUT2D eigenvalue weighted by molar-refractivity contribution is 5.95. The normalized spacial score (nSPS) is 18.5. The van der Waals surface area contributed by atoms with Crippen molar-refractivity contribution in [2.24, 2.45) is 0 Å². The molecule has 0 unspecified atom stereocenters. The molecule has 3 aromatic rings. The molecule has 40 heavy (non-hydrogen) atoms. The lowest BCUT2D eigenvalue weighted by atomic mass is 9.94. The number of carbonyl (C=O) groups is 2. The second-order valence-electron chi connectivity index (χ2n) is 10.3. The highest BCUT2D eigenvalue weighted by atomic mass is 19.4. The van der Waals surface area contributed by atoms with E-state index in [9.17, 15) is 28.0 Å². The van der Waals surface area contributed by atoms with E-state index in [0.717, 1.165) is 34.9 Å². The molecule has 1 saturated carbocycles. The Kier molecular flexibility index (Phi) is 6.21. The molecular formula is C29H25F3N6O2. The number of nitrogens with zero attached hydrogens (tertiary/aromatic N) is 6. The first-order valence-corrected chi connectivity index (χ1v) is 13.1. The van der Waals surface area contributed by atoms with Crippen LogP contribution in [-0.4, -0.2) is 56.0 Å². The number of pyridine rings is 1. The van der Waals surface area contributed by atoms with Gasteiger partial charge in [-0.05, 0) is 48.6 Å². The fourth-order valence-corrected chi connectivity index (χ4v) is 5.74. The van der Waals surface area contributed by atoms with E-state index in [1.807, 2.05) is 16.8 Å². The average Bonchev–Trinajstić information content (AvgIpc) is 3.77. The summed E-state index contributed by atoms with van der Waals surface area (Å²) in [6.45, 7) is 4.41. The van der Waals surface area contributed by atoms with Crippen LogP contribution in [0.25, 0.3) is 5.69 Å². The molecule has 0 bridgehead atoms. The highest BCUT2D eigenvalue weighted by Crippen LogP contribution is 2.41. The first kappa shape index (κ1) is 25.8. The van der Waals surface area contributed by atoms with Crippen molar-refractivity contribution in [3.05, 3.63) is 88.5 Å². The first-order chi connectivity index (χ1) is 19.2. The van der Waals surface area contributed by atoms with Gasteiger partial charge >= 0.3 is 6.18 Å². The largest absolute Gasteiger partial charge is 0.434 e. The summed E-state index contributed by atoms with van der Waals surface area (Å²) in [5, 5.41) is 14.2. The second-order valence-corrected chi connectivity index (χ2v) is 10.3. The molecule has 0 radical (unpaired) electrons. The van der Waals surface area contributed by atoms with Gasteiger partial charge in [-0.2, -0.15) is 23.5 Å². The van der Waals surface area contributed by atoms with Crippen molar-refractivity contribution in [1.29, 1.82) is 5.26 Å².